The van der Waals surface area contributed by atoms with Crippen LogP contribution in [0, 0.1) is 12.8 Å². The molecule has 1 aromatic heterocycles. The molecule has 2 aliphatic heterocycles. The summed E-state index contributed by atoms with van der Waals surface area (Å²) in [5, 5.41) is 2.89. The van der Waals surface area contributed by atoms with Gasteiger partial charge in [0.25, 0.3) is 5.91 Å². The van der Waals surface area contributed by atoms with Crippen molar-refractivity contribution in [2.24, 2.45) is 5.92 Å². The maximum Gasteiger partial charge on any atom is 0.253 e. The van der Waals surface area contributed by atoms with E-state index in [2.05, 4.69) is 38.7 Å². The summed E-state index contributed by atoms with van der Waals surface area (Å²) in [5.41, 5.74) is 3.10. The number of aromatic nitrogens is 2. The minimum atomic E-state index is -0.267. The van der Waals surface area contributed by atoms with Crippen LogP contribution < -0.4 is 15.0 Å². The zero-order chi connectivity index (χ0) is 24.9. The first-order valence-electron chi connectivity index (χ1n) is 12.0. The van der Waals surface area contributed by atoms with E-state index in [1.165, 1.54) is 6.08 Å². The molecule has 2 aromatic rings. The van der Waals surface area contributed by atoms with Gasteiger partial charge in [0.2, 0.25) is 11.8 Å². The lowest BCUT2D eigenvalue weighted by Gasteiger charge is -2.35. The third-order valence-electron chi connectivity index (χ3n) is 6.74. The lowest BCUT2D eigenvalue weighted by Crippen LogP contribution is -2.44. The van der Waals surface area contributed by atoms with Crippen molar-refractivity contribution < 1.29 is 14.3 Å². The van der Waals surface area contributed by atoms with Gasteiger partial charge >= 0.3 is 0 Å². The molecule has 186 valence electrons. The Morgan fingerprint density at radius 3 is 2.71 bits per heavy atom. The molecule has 0 radical (unpaired) electrons. The number of nitrogens with one attached hydrogen (secondary N) is 1. The Morgan fingerprint density at radius 1 is 1.23 bits per heavy atom. The molecular weight excluding hydrogens is 444 g/mol. The highest BCUT2D eigenvalue weighted by Gasteiger charge is 2.29. The quantitative estimate of drug-likeness (QED) is 0.611. The first-order valence-corrected chi connectivity index (χ1v) is 12.0. The van der Waals surface area contributed by atoms with Gasteiger partial charge in [0.15, 0.2) is 0 Å². The third kappa shape index (κ3) is 5.79. The van der Waals surface area contributed by atoms with E-state index >= 15 is 0 Å². The number of ether oxygens (including phenoxy) is 1. The predicted octanol–water partition coefficient (Wildman–Crippen LogP) is 2.37. The molecule has 2 amide bonds. The van der Waals surface area contributed by atoms with Crippen molar-refractivity contribution in [3.63, 3.8) is 0 Å². The fourth-order valence-corrected chi connectivity index (χ4v) is 4.65. The van der Waals surface area contributed by atoms with E-state index < -0.39 is 0 Å². The van der Waals surface area contributed by atoms with Gasteiger partial charge < -0.3 is 24.8 Å². The number of methoxy groups -OCH3 is 1. The Kier molecular flexibility index (Phi) is 7.65. The van der Waals surface area contributed by atoms with Gasteiger partial charge in [-0.2, -0.15) is 4.98 Å². The normalized spacial score (nSPS) is 18.4. The van der Waals surface area contributed by atoms with Gasteiger partial charge in [0, 0.05) is 63.0 Å². The monoisotopic (exact) mass is 478 g/mol. The summed E-state index contributed by atoms with van der Waals surface area (Å²) < 4.78 is 5.32. The van der Waals surface area contributed by atoms with E-state index in [4.69, 9.17) is 4.74 Å². The molecular formula is C26H34N6O3. The summed E-state index contributed by atoms with van der Waals surface area (Å²) in [6.07, 6.45) is 4.65. The average molecular weight is 479 g/mol. The van der Waals surface area contributed by atoms with Gasteiger partial charge in [-0.25, -0.2) is 4.98 Å². The Balaban J connectivity index is 1.48. The van der Waals surface area contributed by atoms with E-state index in [0.29, 0.717) is 42.6 Å². The summed E-state index contributed by atoms with van der Waals surface area (Å²) >= 11 is 0. The average Bonchev–Trinajstić information content (AvgIpc) is 3.34. The molecule has 0 bridgehead atoms. The van der Waals surface area contributed by atoms with Crippen LogP contribution in [0.5, 0.6) is 5.88 Å². The maximum absolute atomic E-state index is 13.4. The highest BCUT2D eigenvalue weighted by Crippen LogP contribution is 2.30. The predicted molar refractivity (Wildman–Crippen MR) is 136 cm³/mol. The molecule has 9 heteroatoms. The van der Waals surface area contributed by atoms with Crippen molar-refractivity contribution >= 4 is 23.2 Å². The van der Waals surface area contributed by atoms with Crippen LogP contribution in [0.15, 0.2) is 37.1 Å². The summed E-state index contributed by atoms with van der Waals surface area (Å²) in [7, 11) is 3.71. The molecule has 3 heterocycles. The van der Waals surface area contributed by atoms with E-state index in [9.17, 15) is 9.59 Å². The molecule has 0 unspecified atom stereocenters. The number of carbonyl (C=O) groups is 2. The highest BCUT2D eigenvalue weighted by atomic mass is 16.5. The highest BCUT2D eigenvalue weighted by molar-refractivity contribution is 6.03. The molecule has 1 aromatic carbocycles. The fourth-order valence-electron chi connectivity index (χ4n) is 4.65. The Labute approximate surface area is 206 Å². The number of hydrogen-bond acceptors (Lipinski definition) is 7. The topological polar surface area (TPSA) is 90.9 Å². The smallest absolute Gasteiger partial charge is 0.253 e. The Bertz CT molecular complexity index is 1100. The Morgan fingerprint density at radius 2 is 2.00 bits per heavy atom. The summed E-state index contributed by atoms with van der Waals surface area (Å²) in [6, 6.07) is 5.53. The summed E-state index contributed by atoms with van der Waals surface area (Å²) in [5.74, 6) is 1.38. The second kappa shape index (κ2) is 10.9. The second-order valence-electron chi connectivity index (χ2n) is 9.30. The van der Waals surface area contributed by atoms with Crippen LogP contribution in [0.25, 0.3) is 0 Å². The molecule has 2 aliphatic rings. The van der Waals surface area contributed by atoms with Crippen molar-refractivity contribution in [1.82, 2.24) is 19.8 Å². The van der Waals surface area contributed by atoms with Crippen LogP contribution in [0.3, 0.4) is 0 Å². The zero-order valence-corrected chi connectivity index (χ0v) is 20.8. The van der Waals surface area contributed by atoms with Crippen LogP contribution in [0.4, 0.5) is 11.4 Å². The van der Waals surface area contributed by atoms with Crippen molar-refractivity contribution in [3.8, 4) is 5.88 Å². The van der Waals surface area contributed by atoms with E-state index in [1.807, 2.05) is 24.0 Å². The largest absolute Gasteiger partial charge is 0.481 e. The van der Waals surface area contributed by atoms with Gasteiger partial charge in [0.05, 0.1) is 18.5 Å². The molecule has 0 aliphatic carbocycles. The van der Waals surface area contributed by atoms with Gasteiger partial charge in [-0.3, -0.25) is 9.59 Å². The lowest BCUT2D eigenvalue weighted by atomic mass is 10.0. The third-order valence-corrected chi connectivity index (χ3v) is 6.74. The van der Waals surface area contributed by atoms with Gasteiger partial charge in [-0.15, -0.1) is 0 Å². The number of carbonyl (C=O) groups excluding carboxylic acids is 2. The number of likely N-dealkylation sites (N-methyl/N-ethyl adjacent to an activating group) is 1. The zero-order valence-electron chi connectivity index (χ0n) is 20.8. The number of amides is 2. The molecule has 1 atom stereocenters. The first kappa shape index (κ1) is 24.7. The van der Waals surface area contributed by atoms with Crippen LogP contribution in [0.1, 0.15) is 28.2 Å². The molecule has 4 rings (SSSR count). The number of aryl methyl sites for hydroxylation is 1. The van der Waals surface area contributed by atoms with Crippen LogP contribution >= 0.6 is 0 Å². The number of hydrogen-bond donors (Lipinski definition) is 1. The molecule has 0 saturated carbocycles. The van der Waals surface area contributed by atoms with E-state index in [-0.39, 0.29) is 11.8 Å². The standard InChI is InChI=1S/C26H34N6O3/c1-5-24(33)28-21-7-6-20(15-22(21)31-12-10-30(3)11-13-31)26(34)32-9-8-19(17-32)14-23-27-16-18(2)25(29-23)35-4/h5-7,15-16,19H,1,8-14,17H2,2-4H3,(H,28,33)/t19-/m0/s1. The lowest BCUT2D eigenvalue weighted by molar-refractivity contribution is -0.111. The van der Waals surface area contributed by atoms with Gasteiger partial charge in [-0.05, 0) is 50.6 Å². The summed E-state index contributed by atoms with van der Waals surface area (Å²) in [4.78, 5) is 40.7. The van der Waals surface area contributed by atoms with E-state index in [0.717, 1.165) is 49.7 Å². The number of rotatable bonds is 7. The molecule has 0 spiro atoms. The first-order chi connectivity index (χ1) is 16.9. The van der Waals surface area contributed by atoms with Crippen LogP contribution in [0.2, 0.25) is 0 Å². The SMILES string of the molecule is C=CC(=O)Nc1ccc(C(=O)N2CC[C@@H](Cc3ncc(C)c(OC)n3)C2)cc1N1CCN(C)CC1. The van der Waals surface area contributed by atoms with Crippen molar-refractivity contribution in [3.05, 3.63) is 54.0 Å². The minimum Gasteiger partial charge on any atom is -0.481 e. The second-order valence-corrected chi connectivity index (χ2v) is 9.30. The van der Waals surface area contributed by atoms with Crippen molar-refractivity contribution in [1.29, 1.82) is 0 Å². The van der Waals surface area contributed by atoms with E-state index in [1.54, 1.807) is 19.4 Å². The molecule has 9 nitrogen and oxygen atoms in total. The number of likely N-dealkylation sites (tertiary alicyclic amines) is 1. The molecule has 2 saturated heterocycles. The Hall–Kier alpha value is -3.46. The minimum absolute atomic E-state index is 0.00637. The number of anilines is 2. The molecule has 1 N–H and O–H groups in total. The van der Waals surface area contributed by atoms with Crippen LogP contribution in [-0.4, -0.2) is 85.0 Å². The summed E-state index contributed by atoms with van der Waals surface area (Å²) in [6.45, 7) is 10.3. The van der Waals surface area contributed by atoms with Crippen molar-refractivity contribution in [2.45, 2.75) is 19.8 Å². The van der Waals surface area contributed by atoms with Gasteiger partial charge in [-0.1, -0.05) is 6.58 Å². The van der Waals surface area contributed by atoms with Crippen molar-refractivity contribution in [2.75, 3.05) is 63.6 Å². The van der Waals surface area contributed by atoms with Gasteiger partial charge in [0.1, 0.15) is 5.82 Å². The molecule has 2 fully saturated rings. The number of nitrogens with zero attached hydrogens (tertiary/aromatic N) is 5. The molecule has 35 heavy (non-hydrogen) atoms. The van der Waals surface area contributed by atoms with Crippen LogP contribution in [-0.2, 0) is 11.2 Å². The number of benzene rings is 1. The fraction of sp³-hybridized carbons (Fsp3) is 0.462. The maximum atomic E-state index is 13.4. The number of piperazine rings is 1.